The van der Waals surface area contributed by atoms with Gasteiger partial charge in [0.15, 0.2) is 0 Å². The smallest absolute Gasteiger partial charge is 0.236 e. The summed E-state index contributed by atoms with van der Waals surface area (Å²) in [5, 5.41) is 9.52. The van der Waals surface area contributed by atoms with Crippen molar-refractivity contribution in [2.75, 3.05) is 39.3 Å². The zero-order valence-corrected chi connectivity index (χ0v) is 12.2. The summed E-state index contributed by atoms with van der Waals surface area (Å²) in [5.41, 5.74) is 0.116. The lowest BCUT2D eigenvalue weighted by molar-refractivity contribution is -0.134. The van der Waals surface area contributed by atoms with Gasteiger partial charge in [-0.3, -0.25) is 9.69 Å². The van der Waals surface area contributed by atoms with Crippen LogP contribution in [0.25, 0.3) is 0 Å². The number of piperidine rings is 2. The maximum Gasteiger partial charge on any atom is 0.236 e. The fraction of sp³-hybridized carbons (Fsp3) is 0.933. The largest absolute Gasteiger partial charge is 0.396 e. The number of carbonyl (C=O) groups is 1. The summed E-state index contributed by atoms with van der Waals surface area (Å²) in [5.74, 6) is 0.299. The summed E-state index contributed by atoms with van der Waals surface area (Å²) in [4.78, 5) is 16.5. The van der Waals surface area contributed by atoms with Gasteiger partial charge in [-0.2, -0.15) is 0 Å². The molecular weight excluding hydrogens is 240 g/mol. The Hall–Kier alpha value is -0.610. The summed E-state index contributed by atoms with van der Waals surface area (Å²) < 4.78 is 0. The number of hydrogen-bond acceptors (Lipinski definition) is 3. The van der Waals surface area contributed by atoms with Crippen LogP contribution in [0.2, 0.25) is 0 Å². The first-order chi connectivity index (χ1) is 9.19. The van der Waals surface area contributed by atoms with E-state index in [1.807, 2.05) is 4.90 Å². The molecule has 0 radical (unpaired) electrons. The fourth-order valence-corrected chi connectivity index (χ4v) is 3.24. The molecule has 1 amide bonds. The molecule has 2 heterocycles. The first-order valence-corrected chi connectivity index (χ1v) is 7.80. The van der Waals surface area contributed by atoms with E-state index in [1.165, 1.54) is 6.42 Å². The Kier molecular flexibility index (Phi) is 5.22. The van der Waals surface area contributed by atoms with Crippen LogP contribution in [0.4, 0.5) is 0 Å². The summed E-state index contributed by atoms with van der Waals surface area (Å²) in [6.45, 7) is 6.82. The van der Waals surface area contributed by atoms with Gasteiger partial charge in [-0.25, -0.2) is 0 Å². The molecule has 4 nitrogen and oxygen atoms in total. The highest BCUT2D eigenvalue weighted by atomic mass is 16.3. The van der Waals surface area contributed by atoms with Crippen molar-refractivity contribution >= 4 is 5.91 Å². The van der Waals surface area contributed by atoms with Crippen molar-refractivity contribution < 1.29 is 9.90 Å². The first-order valence-electron chi connectivity index (χ1n) is 7.80. The molecule has 0 saturated carbocycles. The van der Waals surface area contributed by atoms with Gasteiger partial charge in [-0.05, 0) is 57.0 Å². The highest BCUT2D eigenvalue weighted by Crippen LogP contribution is 2.34. The van der Waals surface area contributed by atoms with Crippen LogP contribution in [0.1, 0.15) is 45.4 Å². The van der Waals surface area contributed by atoms with Crippen LogP contribution in [0.3, 0.4) is 0 Å². The van der Waals surface area contributed by atoms with E-state index in [4.69, 9.17) is 0 Å². The minimum absolute atomic E-state index is 0.116. The van der Waals surface area contributed by atoms with Gasteiger partial charge in [0.05, 0.1) is 6.54 Å². The van der Waals surface area contributed by atoms with Crippen molar-refractivity contribution in [2.24, 2.45) is 5.41 Å². The van der Waals surface area contributed by atoms with Crippen LogP contribution < -0.4 is 0 Å². The Morgan fingerprint density at radius 1 is 1.11 bits per heavy atom. The number of amides is 1. The molecule has 1 N–H and O–H groups in total. The maximum absolute atomic E-state index is 12.2. The number of hydrogen-bond donors (Lipinski definition) is 1. The molecular formula is C15H28N2O2. The van der Waals surface area contributed by atoms with Crippen LogP contribution in [0.5, 0.6) is 0 Å². The van der Waals surface area contributed by atoms with E-state index in [0.717, 1.165) is 58.3 Å². The van der Waals surface area contributed by atoms with Gasteiger partial charge in [0.2, 0.25) is 5.91 Å². The highest BCUT2D eigenvalue weighted by Gasteiger charge is 2.33. The summed E-state index contributed by atoms with van der Waals surface area (Å²) in [6, 6.07) is 0. The third kappa shape index (κ3) is 3.69. The minimum atomic E-state index is 0.116. The van der Waals surface area contributed by atoms with E-state index in [9.17, 15) is 9.90 Å². The van der Waals surface area contributed by atoms with Gasteiger partial charge >= 0.3 is 0 Å². The molecule has 0 aromatic heterocycles. The van der Waals surface area contributed by atoms with Crippen molar-refractivity contribution in [3.8, 4) is 0 Å². The van der Waals surface area contributed by atoms with Gasteiger partial charge in [-0.15, -0.1) is 0 Å². The van der Waals surface area contributed by atoms with Gasteiger partial charge in [0.1, 0.15) is 0 Å². The molecule has 4 heteroatoms. The average molecular weight is 268 g/mol. The molecule has 0 bridgehead atoms. The second-order valence-corrected chi connectivity index (χ2v) is 6.23. The van der Waals surface area contributed by atoms with Gasteiger partial charge < -0.3 is 10.0 Å². The number of rotatable bonds is 4. The van der Waals surface area contributed by atoms with Crippen LogP contribution in [-0.2, 0) is 4.79 Å². The van der Waals surface area contributed by atoms with Crippen molar-refractivity contribution in [3.63, 3.8) is 0 Å². The average Bonchev–Trinajstić information content (AvgIpc) is 2.49. The summed E-state index contributed by atoms with van der Waals surface area (Å²) in [7, 11) is 0. The highest BCUT2D eigenvalue weighted by molar-refractivity contribution is 5.78. The van der Waals surface area contributed by atoms with E-state index in [2.05, 4.69) is 11.8 Å². The zero-order valence-electron chi connectivity index (χ0n) is 12.2. The molecule has 0 aromatic rings. The number of aliphatic hydroxyl groups excluding tert-OH is 1. The Morgan fingerprint density at radius 3 is 2.26 bits per heavy atom. The van der Waals surface area contributed by atoms with E-state index >= 15 is 0 Å². The maximum atomic E-state index is 12.2. The summed E-state index contributed by atoms with van der Waals surface area (Å²) in [6.07, 6.45) is 6.67. The lowest BCUT2D eigenvalue weighted by Gasteiger charge is -2.40. The third-order valence-electron chi connectivity index (χ3n) is 5.07. The molecule has 2 saturated heterocycles. The van der Waals surface area contributed by atoms with Crippen LogP contribution in [0.15, 0.2) is 0 Å². The molecule has 0 aromatic carbocycles. The molecule has 0 spiro atoms. The molecule has 110 valence electrons. The van der Waals surface area contributed by atoms with Gasteiger partial charge in [0.25, 0.3) is 0 Å². The van der Waals surface area contributed by atoms with Crippen LogP contribution >= 0.6 is 0 Å². The molecule has 0 unspecified atom stereocenters. The molecule has 2 aliphatic rings. The number of aliphatic hydroxyl groups is 1. The number of likely N-dealkylation sites (tertiary alicyclic amines) is 2. The van der Waals surface area contributed by atoms with Crippen molar-refractivity contribution in [1.82, 2.24) is 9.80 Å². The summed E-state index contributed by atoms with van der Waals surface area (Å²) >= 11 is 0. The second kappa shape index (κ2) is 6.71. The lowest BCUT2D eigenvalue weighted by atomic mass is 9.77. The van der Waals surface area contributed by atoms with E-state index in [-0.39, 0.29) is 12.0 Å². The molecule has 2 aliphatic heterocycles. The van der Waals surface area contributed by atoms with E-state index < -0.39 is 0 Å². The van der Waals surface area contributed by atoms with Crippen molar-refractivity contribution in [1.29, 1.82) is 0 Å². The predicted molar refractivity (Wildman–Crippen MR) is 75.9 cm³/mol. The predicted octanol–water partition coefficient (Wildman–Crippen LogP) is 1.48. The van der Waals surface area contributed by atoms with Crippen LogP contribution in [-0.4, -0.2) is 60.1 Å². The second-order valence-electron chi connectivity index (χ2n) is 6.23. The SMILES string of the molecule is CCC1(CO)CCN(CC(=O)N2CCCCC2)CC1. The third-order valence-corrected chi connectivity index (χ3v) is 5.07. The van der Waals surface area contributed by atoms with Crippen molar-refractivity contribution in [2.45, 2.75) is 45.4 Å². The molecule has 0 aliphatic carbocycles. The number of carbonyl (C=O) groups excluding carboxylic acids is 1. The topological polar surface area (TPSA) is 43.8 Å². The lowest BCUT2D eigenvalue weighted by Crippen LogP contribution is -2.47. The van der Waals surface area contributed by atoms with E-state index in [0.29, 0.717) is 12.5 Å². The Balaban J connectivity index is 1.77. The van der Waals surface area contributed by atoms with Gasteiger partial charge in [-0.1, -0.05) is 6.92 Å². The van der Waals surface area contributed by atoms with Crippen molar-refractivity contribution in [3.05, 3.63) is 0 Å². The fourth-order valence-electron chi connectivity index (χ4n) is 3.24. The monoisotopic (exact) mass is 268 g/mol. The molecule has 2 rings (SSSR count). The van der Waals surface area contributed by atoms with E-state index in [1.54, 1.807) is 0 Å². The minimum Gasteiger partial charge on any atom is -0.396 e. The Bertz CT molecular complexity index is 287. The standard InChI is InChI=1S/C15H28N2O2/c1-2-15(13-18)6-10-16(11-7-15)12-14(19)17-8-4-3-5-9-17/h18H,2-13H2,1H3. The normalized spacial score (nSPS) is 24.4. The number of nitrogens with zero attached hydrogens (tertiary/aromatic N) is 2. The quantitative estimate of drug-likeness (QED) is 0.840. The van der Waals surface area contributed by atoms with Crippen LogP contribution in [0, 0.1) is 5.41 Å². The van der Waals surface area contributed by atoms with Gasteiger partial charge in [0, 0.05) is 19.7 Å². The Morgan fingerprint density at radius 2 is 1.74 bits per heavy atom. The molecule has 19 heavy (non-hydrogen) atoms. The first kappa shape index (κ1) is 14.8. The molecule has 2 fully saturated rings. The zero-order chi connectivity index (χ0) is 13.7. The Labute approximate surface area is 116 Å². The molecule has 0 atom stereocenters.